The fraction of sp³-hybridized carbons (Fsp3) is 0.458. The molecule has 0 aliphatic carbocycles. The van der Waals surface area contributed by atoms with Crippen LogP contribution in [0, 0.1) is 6.92 Å². The zero-order valence-corrected chi connectivity index (χ0v) is 18.2. The molecular formula is C24H31ClN2O. The molecule has 3 nitrogen and oxygen atoms in total. The number of likely N-dealkylation sites (tertiary alicyclic amines) is 1. The monoisotopic (exact) mass is 398 g/mol. The van der Waals surface area contributed by atoms with E-state index in [9.17, 15) is 0 Å². The van der Waals surface area contributed by atoms with Crippen LogP contribution in [-0.2, 0) is 5.60 Å². The topological polar surface area (TPSA) is 25.4 Å². The Labute approximate surface area is 174 Å². The second kappa shape index (κ2) is 8.67. The Bertz CT molecular complexity index is 821. The summed E-state index contributed by atoms with van der Waals surface area (Å²) in [6.45, 7) is 15.6. The summed E-state index contributed by atoms with van der Waals surface area (Å²) in [4.78, 5) is 6.98. The molecule has 1 aliphatic heterocycles. The van der Waals surface area contributed by atoms with Crippen LogP contribution in [0.15, 0.2) is 48.7 Å². The van der Waals surface area contributed by atoms with Crippen LogP contribution >= 0.6 is 11.6 Å². The number of pyridine rings is 1. The fourth-order valence-electron chi connectivity index (χ4n) is 3.96. The number of ether oxygens (including phenoxy) is 1. The van der Waals surface area contributed by atoms with Gasteiger partial charge in [-0.25, -0.2) is 0 Å². The molecule has 0 amide bonds. The van der Waals surface area contributed by atoms with Gasteiger partial charge in [-0.2, -0.15) is 0 Å². The molecule has 1 aromatic heterocycles. The van der Waals surface area contributed by atoms with Crippen LogP contribution < -0.4 is 4.74 Å². The third-order valence-electron chi connectivity index (χ3n) is 5.46. The molecule has 1 fully saturated rings. The molecule has 0 atom stereocenters. The summed E-state index contributed by atoms with van der Waals surface area (Å²) in [6.07, 6.45) is 3.97. The quantitative estimate of drug-likeness (QED) is 0.548. The molecule has 150 valence electrons. The maximum Gasteiger partial charge on any atom is 0.145 e. The summed E-state index contributed by atoms with van der Waals surface area (Å²) >= 11 is 6.00. The van der Waals surface area contributed by atoms with Gasteiger partial charge in [0, 0.05) is 12.7 Å². The van der Waals surface area contributed by atoms with E-state index in [1.165, 1.54) is 16.7 Å². The Kier molecular flexibility index (Phi) is 6.47. The molecule has 2 aromatic rings. The molecule has 0 N–H and O–H groups in total. The number of rotatable bonds is 6. The Morgan fingerprint density at radius 2 is 1.96 bits per heavy atom. The Morgan fingerprint density at radius 1 is 1.25 bits per heavy atom. The molecule has 0 unspecified atom stereocenters. The molecule has 0 bridgehead atoms. The molecular weight excluding hydrogens is 368 g/mol. The fourth-order valence-corrected chi connectivity index (χ4v) is 4.07. The molecule has 0 saturated carbocycles. The average molecular weight is 399 g/mol. The van der Waals surface area contributed by atoms with E-state index in [2.05, 4.69) is 62.4 Å². The number of para-hydroxylation sites is 1. The van der Waals surface area contributed by atoms with Crippen molar-refractivity contribution in [1.82, 2.24) is 9.88 Å². The van der Waals surface area contributed by atoms with E-state index in [0.29, 0.717) is 10.9 Å². The van der Waals surface area contributed by atoms with E-state index >= 15 is 0 Å². The maximum absolute atomic E-state index is 6.60. The third kappa shape index (κ3) is 4.95. The van der Waals surface area contributed by atoms with Crippen molar-refractivity contribution in [3.63, 3.8) is 0 Å². The Balaban J connectivity index is 1.81. The van der Waals surface area contributed by atoms with Crippen molar-refractivity contribution in [3.05, 3.63) is 70.5 Å². The summed E-state index contributed by atoms with van der Waals surface area (Å²) in [5, 5.41) is 0.637. The number of benzene rings is 1. The molecule has 28 heavy (non-hydrogen) atoms. The van der Waals surface area contributed by atoms with Crippen molar-refractivity contribution in [2.75, 3.05) is 19.6 Å². The standard InChI is InChI=1S/C24H31ClN2O/c1-17(2)16-27-13-11-19(12-14-27)21-8-6-7-18(3)23(21)28-24(4,5)22-10-9-20(25)15-26-22/h6-10,15,19H,1,11-14,16H2,2-5H3. The van der Waals surface area contributed by atoms with Crippen molar-refractivity contribution in [1.29, 1.82) is 0 Å². The molecule has 1 saturated heterocycles. The van der Waals surface area contributed by atoms with E-state index in [4.69, 9.17) is 16.3 Å². The predicted molar refractivity (Wildman–Crippen MR) is 117 cm³/mol. The molecule has 1 aromatic carbocycles. The van der Waals surface area contributed by atoms with Crippen LogP contribution in [0.5, 0.6) is 5.75 Å². The molecule has 0 spiro atoms. The normalized spacial score (nSPS) is 16.2. The van der Waals surface area contributed by atoms with Gasteiger partial charge in [0.05, 0.1) is 10.7 Å². The lowest BCUT2D eigenvalue weighted by Crippen LogP contribution is -2.34. The summed E-state index contributed by atoms with van der Waals surface area (Å²) < 4.78 is 6.60. The van der Waals surface area contributed by atoms with Crippen LogP contribution in [0.25, 0.3) is 0 Å². The average Bonchev–Trinajstić information content (AvgIpc) is 2.64. The van der Waals surface area contributed by atoms with Crippen molar-refractivity contribution in [2.45, 2.75) is 52.1 Å². The smallest absolute Gasteiger partial charge is 0.145 e. The van der Waals surface area contributed by atoms with Gasteiger partial charge in [0.2, 0.25) is 0 Å². The number of aromatic nitrogens is 1. The summed E-state index contributed by atoms with van der Waals surface area (Å²) in [6, 6.07) is 10.3. The first-order valence-electron chi connectivity index (χ1n) is 10.0. The first-order chi connectivity index (χ1) is 13.3. The van der Waals surface area contributed by atoms with Gasteiger partial charge in [0.15, 0.2) is 0 Å². The largest absolute Gasteiger partial charge is 0.481 e. The van der Waals surface area contributed by atoms with Crippen molar-refractivity contribution in [2.24, 2.45) is 0 Å². The number of hydrogen-bond donors (Lipinski definition) is 0. The van der Waals surface area contributed by atoms with E-state index in [0.717, 1.165) is 43.9 Å². The first kappa shape index (κ1) is 20.9. The van der Waals surface area contributed by atoms with Gasteiger partial charge in [-0.3, -0.25) is 9.88 Å². The van der Waals surface area contributed by atoms with E-state index in [-0.39, 0.29) is 0 Å². The summed E-state index contributed by atoms with van der Waals surface area (Å²) in [5.74, 6) is 1.52. The lowest BCUT2D eigenvalue weighted by molar-refractivity contribution is 0.0996. The number of hydrogen-bond acceptors (Lipinski definition) is 3. The highest BCUT2D eigenvalue weighted by Gasteiger charge is 2.29. The first-order valence-corrected chi connectivity index (χ1v) is 10.4. The highest BCUT2D eigenvalue weighted by atomic mass is 35.5. The lowest BCUT2D eigenvalue weighted by Gasteiger charge is -2.35. The van der Waals surface area contributed by atoms with Crippen LogP contribution in [0.1, 0.15) is 56.4 Å². The minimum Gasteiger partial charge on any atom is -0.481 e. The number of piperidine rings is 1. The molecule has 4 heteroatoms. The Hall–Kier alpha value is -1.84. The van der Waals surface area contributed by atoms with Crippen LogP contribution in [-0.4, -0.2) is 29.5 Å². The van der Waals surface area contributed by atoms with Crippen molar-refractivity contribution < 1.29 is 4.74 Å². The second-order valence-electron chi connectivity index (χ2n) is 8.47. The minimum atomic E-state index is -0.536. The summed E-state index contributed by atoms with van der Waals surface area (Å²) in [5.41, 5.74) is 4.06. The van der Waals surface area contributed by atoms with Crippen LogP contribution in [0.4, 0.5) is 0 Å². The summed E-state index contributed by atoms with van der Waals surface area (Å²) in [7, 11) is 0. The number of nitrogens with zero attached hydrogens (tertiary/aromatic N) is 2. The van der Waals surface area contributed by atoms with Gasteiger partial charge in [-0.15, -0.1) is 0 Å². The zero-order valence-electron chi connectivity index (χ0n) is 17.5. The molecule has 1 aliphatic rings. The highest BCUT2D eigenvalue weighted by Crippen LogP contribution is 2.39. The minimum absolute atomic E-state index is 0.519. The zero-order chi connectivity index (χ0) is 20.3. The Morgan fingerprint density at radius 3 is 2.57 bits per heavy atom. The second-order valence-corrected chi connectivity index (χ2v) is 8.91. The van der Waals surface area contributed by atoms with Gasteiger partial charge in [0.1, 0.15) is 11.4 Å². The molecule has 0 radical (unpaired) electrons. The van der Waals surface area contributed by atoms with Gasteiger partial charge in [-0.05, 0) is 82.8 Å². The van der Waals surface area contributed by atoms with Crippen LogP contribution in [0.2, 0.25) is 5.02 Å². The third-order valence-corrected chi connectivity index (χ3v) is 5.69. The number of aryl methyl sites for hydroxylation is 1. The highest BCUT2D eigenvalue weighted by molar-refractivity contribution is 6.30. The lowest BCUT2D eigenvalue weighted by atomic mass is 9.87. The van der Waals surface area contributed by atoms with Gasteiger partial charge >= 0.3 is 0 Å². The van der Waals surface area contributed by atoms with E-state index in [1.807, 2.05) is 12.1 Å². The van der Waals surface area contributed by atoms with E-state index < -0.39 is 5.60 Å². The molecule has 2 heterocycles. The SMILES string of the molecule is C=C(C)CN1CCC(c2cccc(C)c2OC(C)(C)c2ccc(Cl)cn2)CC1. The predicted octanol–water partition coefficient (Wildman–Crippen LogP) is 6.11. The number of halogens is 1. The van der Waals surface area contributed by atoms with Crippen molar-refractivity contribution in [3.8, 4) is 5.75 Å². The van der Waals surface area contributed by atoms with Gasteiger partial charge in [0.25, 0.3) is 0 Å². The maximum atomic E-state index is 6.60. The molecule has 3 rings (SSSR count). The van der Waals surface area contributed by atoms with Gasteiger partial charge < -0.3 is 4.74 Å². The van der Waals surface area contributed by atoms with E-state index in [1.54, 1.807) is 6.20 Å². The van der Waals surface area contributed by atoms with Crippen molar-refractivity contribution >= 4 is 11.6 Å². The van der Waals surface area contributed by atoms with Crippen LogP contribution in [0.3, 0.4) is 0 Å². The van der Waals surface area contributed by atoms with Gasteiger partial charge in [-0.1, -0.05) is 42.0 Å².